The summed E-state index contributed by atoms with van der Waals surface area (Å²) in [6, 6.07) is 2.53. The summed E-state index contributed by atoms with van der Waals surface area (Å²) in [5.41, 5.74) is -6.82. The predicted octanol–water partition coefficient (Wildman–Crippen LogP) is 6.57. The molecule has 0 saturated heterocycles. The van der Waals surface area contributed by atoms with E-state index in [1.165, 1.54) is 0 Å². The molecule has 1 rings (SSSR count). The highest BCUT2D eigenvalue weighted by Crippen LogP contribution is 2.62. The Kier molecular flexibility index (Phi) is 6.63. The zero-order valence-corrected chi connectivity index (χ0v) is 14.6. The van der Waals surface area contributed by atoms with E-state index in [0.717, 1.165) is 6.07 Å². The molecule has 0 aliphatic heterocycles. The van der Waals surface area contributed by atoms with Crippen molar-refractivity contribution in [1.82, 2.24) is 0 Å². The number of alkyl halides is 16. The molecule has 1 unspecified atom stereocenters. The first-order chi connectivity index (χ1) is 13.8. The van der Waals surface area contributed by atoms with Gasteiger partial charge in [-0.2, -0.15) is 70.2 Å². The Morgan fingerprint density at radius 1 is 0.500 bits per heavy atom. The molecular formula is C15H8F16O. The van der Waals surface area contributed by atoms with E-state index in [4.69, 9.17) is 0 Å². The molecule has 1 nitrogen and oxygen atoms in total. The number of hydrogen-bond acceptors (Lipinski definition) is 1. The minimum absolute atomic E-state index is 0.187. The molecule has 0 aliphatic rings. The van der Waals surface area contributed by atoms with Gasteiger partial charge in [-0.1, -0.05) is 30.3 Å². The first-order valence-corrected chi connectivity index (χ1v) is 7.62. The van der Waals surface area contributed by atoms with Crippen molar-refractivity contribution in [2.24, 2.45) is 0 Å². The van der Waals surface area contributed by atoms with Gasteiger partial charge in [-0.25, -0.2) is 0 Å². The molecule has 1 N–H and O–H groups in total. The highest BCUT2D eigenvalue weighted by molar-refractivity contribution is 5.25. The molecular weight excluding hydrogens is 500 g/mol. The maximum absolute atomic E-state index is 13.9. The third kappa shape index (κ3) is 3.96. The lowest BCUT2D eigenvalue weighted by molar-refractivity contribution is -0.443. The van der Waals surface area contributed by atoms with Gasteiger partial charge < -0.3 is 5.11 Å². The van der Waals surface area contributed by atoms with Crippen LogP contribution in [0.25, 0.3) is 0 Å². The molecule has 0 radical (unpaired) electrons. The highest BCUT2D eigenvalue weighted by atomic mass is 19.4. The van der Waals surface area contributed by atoms with Crippen molar-refractivity contribution < 1.29 is 75.4 Å². The minimum Gasteiger partial charge on any atom is -0.376 e. The van der Waals surface area contributed by atoms with Crippen molar-refractivity contribution in [3.63, 3.8) is 0 Å². The van der Waals surface area contributed by atoms with Crippen molar-refractivity contribution in [2.45, 2.75) is 54.0 Å². The van der Waals surface area contributed by atoms with Crippen LogP contribution >= 0.6 is 0 Å². The average Bonchev–Trinajstić information content (AvgIpc) is 2.59. The molecule has 17 heteroatoms. The van der Waals surface area contributed by atoms with Gasteiger partial charge in [0.05, 0.1) is 6.42 Å². The van der Waals surface area contributed by atoms with Gasteiger partial charge in [0.25, 0.3) is 0 Å². The largest absolute Gasteiger partial charge is 0.460 e. The Bertz CT molecular complexity index is 794. The van der Waals surface area contributed by atoms with Gasteiger partial charge in [0.15, 0.2) is 5.60 Å². The Labute approximate surface area is 166 Å². The van der Waals surface area contributed by atoms with Crippen LogP contribution in [0, 0.1) is 0 Å². The fourth-order valence-electron chi connectivity index (χ4n) is 2.31. The van der Waals surface area contributed by atoms with Crippen LogP contribution in [-0.2, 0) is 5.60 Å². The summed E-state index contributed by atoms with van der Waals surface area (Å²) in [5, 5.41) is 9.58. The molecule has 186 valence electrons. The molecule has 1 aromatic rings. The van der Waals surface area contributed by atoms with Crippen molar-refractivity contribution in [3.8, 4) is 0 Å². The number of rotatable bonds is 7. The van der Waals surface area contributed by atoms with E-state index < -0.39 is 59.6 Å². The second-order valence-corrected chi connectivity index (χ2v) is 6.40. The van der Waals surface area contributed by atoms with Crippen LogP contribution in [0.4, 0.5) is 70.2 Å². The molecule has 1 aromatic carbocycles. The van der Waals surface area contributed by atoms with Crippen LogP contribution in [-0.4, -0.2) is 47.1 Å². The standard InChI is InChI=1S/C15H8F16O/c16-9(17,6-8(32,14(26,27)28)7-4-2-1-3-5-7)10(18,19)11(20,21)12(22,23)13(24,25)15(29,30)31/h1-5,32H,6H2. The summed E-state index contributed by atoms with van der Waals surface area (Å²) >= 11 is 0. The molecule has 0 fully saturated rings. The fraction of sp³-hybridized carbons (Fsp3) is 0.600. The molecule has 0 aliphatic carbocycles. The van der Waals surface area contributed by atoms with Gasteiger partial charge in [-0.3, -0.25) is 0 Å². The SMILES string of the molecule is OC(CC(F)(F)C(F)(F)C(F)(F)C(F)(F)C(F)(F)C(F)(F)F)(c1ccccc1)C(F)(F)F. The van der Waals surface area contributed by atoms with Crippen LogP contribution in [0.3, 0.4) is 0 Å². The average molecular weight is 508 g/mol. The maximum atomic E-state index is 13.9. The summed E-state index contributed by atoms with van der Waals surface area (Å²) in [4.78, 5) is 0. The van der Waals surface area contributed by atoms with Gasteiger partial charge in [-0.05, 0) is 5.56 Å². The first kappa shape index (κ1) is 28.1. The van der Waals surface area contributed by atoms with Crippen molar-refractivity contribution >= 4 is 0 Å². The summed E-state index contributed by atoms with van der Waals surface area (Å²) in [5.74, 6) is -39.6. The Morgan fingerprint density at radius 2 is 0.875 bits per heavy atom. The van der Waals surface area contributed by atoms with Crippen LogP contribution < -0.4 is 0 Å². The molecule has 0 aromatic heterocycles. The van der Waals surface area contributed by atoms with Gasteiger partial charge in [0.1, 0.15) is 0 Å². The lowest BCUT2D eigenvalue weighted by atomic mass is 9.82. The van der Waals surface area contributed by atoms with Crippen molar-refractivity contribution in [3.05, 3.63) is 35.9 Å². The summed E-state index contributed by atoms with van der Waals surface area (Å²) in [6.45, 7) is 0. The summed E-state index contributed by atoms with van der Waals surface area (Å²) in [6.07, 6.45) is -17.9. The van der Waals surface area contributed by atoms with Crippen LogP contribution in [0.15, 0.2) is 30.3 Å². The molecule has 0 spiro atoms. The predicted molar refractivity (Wildman–Crippen MR) is 71.8 cm³/mol. The molecule has 0 amide bonds. The summed E-state index contributed by atoms with van der Waals surface area (Å²) < 4.78 is 209. The van der Waals surface area contributed by atoms with Gasteiger partial charge in [0, 0.05) is 0 Å². The monoisotopic (exact) mass is 508 g/mol. The molecule has 0 bridgehead atoms. The Morgan fingerprint density at radius 3 is 1.22 bits per heavy atom. The zero-order chi connectivity index (χ0) is 25.8. The Hall–Kier alpha value is -1.94. The van der Waals surface area contributed by atoms with E-state index in [2.05, 4.69) is 0 Å². The van der Waals surface area contributed by atoms with Crippen LogP contribution in [0.2, 0.25) is 0 Å². The second-order valence-electron chi connectivity index (χ2n) is 6.40. The number of benzene rings is 1. The smallest absolute Gasteiger partial charge is 0.376 e. The number of halogens is 16. The van der Waals surface area contributed by atoms with Crippen molar-refractivity contribution in [1.29, 1.82) is 0 Å². The van der Waals surface area contributed by atoms with Gasteiger partial charge in [-0.15, -0.1) is 0 Å². The number of hydrogen-bond donors (Lipinski definition) is 1. The first-order valence-electron chi connectivity index (χ1n) is 7.62. The van der Waals surface area contributed by atoms with Crippen molar-refractivity contribution in [2.75, 3.05) is 0 Å². The lowest BCUT2D eigenvalue weighted by Gasteiger charge is -2.42. The van der Waals surface area contributed by atoms with Gasteiger partial charge >= 0.3 is 42.0 Å². The second kappa shape index (κ2) is 7.55. The summed E-state index contributed by atoms with van der Waals surface area (Å²) in [7, 11) is 0. The maximum Gasteiger partial charge on any atom is 0.460 e. The normalized spacial score (nSPS) is 17.3. The Balaban J connectivity index is 3.63. The van der Waals surface area contributed by atoms with E-state index in [-0.39, 0.29) is 12.1 Å². The van der Waals surface area contributed by atoms with E-state index in [9.17, 15) is 75.4 Å². The van der Waals surface area contributed by atoms with E-state index in [1.807, 2.05) is 0 Å². The van der Waals surface area contributed by atoms with Crippen LogP contribution in [0.1, 0.15) is 12.0 Å². The minimum atomic E-state index is -8.26. The van der Waals surface area contributed by atoms with E-state index in [0.29, 0.717) is 12.1 Å². The van der Waals surface area contributed by atoms with E-state index in [1.54, 1.807) is 0 Å². The molecule has 0 saturated carbocycles. The van der Waals surface area contributed by atoms with E-state index >= 15 is 0 Å². The zero-order valence-electron chi connectivity index (χ0n) is 14.6. The molecule has 1 atom stereocenters. The highest BCUT2D eigenvalue weighted by Gasteiger charge is 2.91. The quantitative estimate of drug-likeness (QED) is 0.414. The third-order valence-electron chi connectivity index (χ3n) is 4.20. The topological polar surface area (TPSA) is 20.2 Å². The molecule has 32 heavy (non-hydrogen) atoms. The lowest BCUT2D eigenvalue weighted by Crippen LogP contribution is -2.70. The number of aliphatic hydroxyl groups is 1. The fourth-order valence-corrected chi connectivity index (χ4v) is 2.31. The third-order valence-corrected chi connectivity index (χ3v) is 4.20. The van der Waals surface area contributed by atoms with Gasteiger partial charge in [0.2, 0.25) is 0 Å². The van der Waals surface area contributed by atoms with Crippen LogP contribution in [0.5, 0.6) is 0 Å². The molecule has 0 heterocycles.